The molecule has 2 aromatic carbocycles. The number of nitro groups is 2. The maximum atomic E-state index is 12.4. The van der Waals surface area contributed by atoms with Crippen LogP contribution in [0.4, 0.5) is 11.4 Å². The van der Waals surface area contributed by atoms with Gasteiger partial charge in [-0.25, -0.2) is 4.98 Å². The van der Waals surface area contributed by atoms with Gasteiger partial charge in [0.05, 0.1) is 26.9 Å². The SMILES string of the molecule is O=c1[nH]c2cc([N+](=O)[O-])c([N+](=O)[O-])cc2nc1/C=C(\O)c1ccc(C2CCCCC2)cc1. The quantitative estimate of drug-likeness (QED) is 0.329. The highest BCUT2D eigenvalue weighted by Gasteiger charge is 2.26. The Labute approximate surface area is 181 Å². The molecule has 1 fully saturated rings. The summed E-state index contributed by atoms with van der Waals surface area (Å²) < 4.78 is 0. The zero-order valence-electron chi connectivity index (χ0n) is 17.0. The molecule has 1 heterocycles. The highest BCUT2D eigenvalue weighted by Crippen LogP contribution is 2.33. The van der Waals surface area contributed by atoms with Crippen LogP contribution in [0.25, 0.3) is 22.9 Å². The maximum Gasteiger partial charge on any atom is 0.348 e. The molecule has 0 bridgehead atoms. The summed E-state index contributed by atoms with van der Waals surface area (Å²) in [6, 6.07) is 9.32. The van der Waals surface area contributed by atoms with Gasteiger partial charge in [-0.1, -0.05) is 43.5 Å². The monoisotopic (exact) mass is 436 g/mol. The molecule has 0 unspecified atom stereocenters. The van der Waals surface area contributed by atoms with Crippen LogP contribution in [0.3, 0.4) is 0 Å². The Balaban J connectivity index is 1.68. The van der Waals surface area contributed by atoms with Gasteiger partial charge in [0, 0.05) is 17.7 Å². The Morgan fingerprint density at radius 1 is 1.03 bits per heavy atom. The van der Waals surface area contributed by atoms with E-state index in [4.69, 9.17) is 0 Å². The molecule has 2 N–H and O–H groups in total. The van der Waals surface area contributed by atoms with Crippen LogP contribution in [0.2, 0.25) is 0 Å². The van der Waals surface area contributed by atoms with Crippen LogP contribution in [0.5, 0.6) is 0 Å². The van der Waals surface area contributed by atoms with Crippen molar-refractivity contribution in [2.24, 2.45) is 0 Å². The van der Waals surface area contributed by atoms with E-state index in [0.29, 0.717) is 11.5 Å². The second-order valence-corrected chi connectivity index (χ2v) is 7.81. The Morgan fingerprint density at radius 3 is 2.28 bits per heavy atom. The number of nitrogens with zero attached hydrogens (tertiary/aromatic N) is 3. The van der Waals surface area contributed by atoms with E-state index in [9.17, 15) is 30.1 Å². The second kappa shape index (κ2) is 8.58. The Hall–Kier alpha value is -4.08. The first-order chi connectivity index (χ1) is 15.3. The lowest BCUT2D eigenvalue weighted by Gasteiger charge is -2.22. The number of hydrogen-bond donors (Lipinski definition) is 2. The van der Waals surface area contributed by atoms with Gasteiger partial charge in [-0.2, -0.15) is 0 Å². The molecule has 0 saturated heterocycles. The molecule has 0 spiro atoms. The maximum absolute atomic E-state index is 12.4. The average molecular weight is 436 g/mol. The van der Waals surface area contributed by atoms with E-state index in [2.05, 4.69) is 9.97 Å². The minimum absolute atomic E-state index is 0.00593. The number of fused-ring (bicyclic) bond motifs is 1. The normalized spacial score (nSPS) is 15.1. The predicted molar refractivity (Wildman–Crippen MR) is 118 cm³/mol. The van der Waals surface area contributed by atoms with Crippen LogP contribution in [0.15, 0.2) is 41.2 Å². The molecule has 1 aliphatic carbocycles. The highest BCUT2D eigenvalue weighted by molar-refractivity contribution is 5.84. The van der Waals surface area contributed by atoms with E-state index in [1.54, 1.807) is 12.1 Å². The van der Waals surface area contributed by atoms with Crippen molar-refractivity contribution in [3.05, 3.63) is 83.8 Å². The van der Waals surface area contributed by atoms with E-state index in [1.165, 1.54) is 30.9 Å². The summed E-state index contributed by atoms with van der Waals surface area (Å²) in [5.41, 5.74) is -0.643. The van der Waals surface area contributed by atoms with Gasteiger partial charge in [-0.15, -0.1) is 0 Å². The summed E-state index contributed by atoms with van der Waals surface area (Å²) in [5, 5.41) is 32.8. The van der Waals surface area contributed by atoms with Crippen molar-refractivity contribution in [3.63, 3.8) is 0 Å². The Morgan fingerprint density at radius 2 is 1.66 bits per heavy atom. The summed E-state index contributed by atoms with van der Waals surface area (Å²) in [7, 11) is 0. The molecule has 0 radical (unpaired) electrons. The average Bonchev–Trinajstić information content (AvgIpc) is 2.79. The number of nitrogens with one attached hydrogen (secondary N) is 1. The largest absolute Gasteiger partial charge is 0.507 e. The summed E-state index contributed by atoms with van der Waals surface area (Å²) in [5.74, 6) is 0.336. The lowest BCUT2D eigenvalue weighted by Crippen LogP contribution is -2.12. The molecular weight excluding hydrogens is 416 g/mol. The van der Waals surface area contributed by atoms with Gasteiger partial charge >= 0.3 is 11.4 Å². The van der Waals surface area contributed by atoms with Crippen molar-refractivity contribution in [1.82, 2.24) is 9.97 Å². The zero-order valence-corrected chi connectivity index (χ0v) is 17.0. The van der Waals surface area contributed by atoms with E-state index >= 15 is 0 Å². The van der Waals surface area contributed by atoms with E-state index < -0.39 is 26.8 Å². The molecule has 1 aliphatic rings. The molecular formula is C22H20N4O6. The Kier molecular flexibility index (Phi) is 5.67. The van der Waals surface area contributed by atoms with Gasteiger partial charge in [0.25, 0.3) is 5.56 Å². The lowest BCUT2D eigenvalue weighted by molar-refractivity contribution is -0.422. The first-order valence-electron chi connectivity index (χ1n) is 10.2. The summed E-state index contributed by atoms with van der Waals surface area (Å²) in [4.78, 5) is 39.4. The molecule has 0 amide bonds. The van der Waals surface area contributed by atoms with Crippen molar-refractivity contribution in [1.29, 1.82) is 0 Å². The molecule has 0 aliphatic heterocycles. The minimum Gasteiger partial charge on any atom is -0.507 e. The first-order valence-corrected chi connectivity index (χ1v) is 10.2. The third-order valence-electron chi connectivity index (χ3n) is 5.76. The second-order valence-electron chi connectivity index (χ2n) is 7.81. The number of aliphatic hydroxyl groups is 1. The lowest BCUT2D eigenvalue weighted by atomic mass is 9.84. The van der Waals surface area contributed by atoms with Crippen LogP contribution < -0.4 is 5.56 Å². The number of benzene rings is 2. The number of rotatable bonds is 5. The van der Waals surface area contributed by atoms with Gasteiger partial charge in [-0.3, -0.25) is 25.0 Å². The molecule has 10 nitrogen and oxygen atoms in total. The van der Waals surface area contributed by atoms with Crippen LogP contribution >= 0.6 is 0 Å². The number of aromatic nitrogens is 2. The molecule has 164 valence electrons. The Bertz CT molecular complexity index is 1290. The minimum atomic E-state index is -0.896. The van der Waals surface area contributed by atoms with E-state index in [1.807, 2.05) is 12.1 Å². The van der Waals surface area contributed by atoms with Crippen molar-refractivity contribution >= 4 is 34.2 Å². The molecule has 3 aromatic rings. The van der Waals surface area contributed by atoms with Gasteiger partial charge in [0.2, 0.25) is 0 Å². The molecule has 4 rings (SSSR count). The third-order valence-corrected chi connectivity index (χ3v) is 5.76. The van der Waals surface area contributed by atoms with E-state index in [0.717, 1.165) is 25.0 Å². The number of aromatic amines is 1. The number of nitro benzene ring substituents is 2. The molecule has 1 aromatic heterocycles. The van der Waals surface area contributed by atoms with Crippen LogP contribution in [0, 0.1) is 20.2 Å². The van der Waals surface area contributed by atoms with E-state index in [-0.39, 0.29) is 22.5 Å². The van der Waals surface area contributed by atoms with Crippen LogP contribution in [-0.2, 0) is 0 Å². The van der Waals surface area contributed by atoms with Crippen molar-refractivity contribution < 1.29 is 15.0 Å². The number of hydrogen-bond acceptors (Lipinski definition) is 7. The third kappa shape index (κ3) is 4.20. The predicted octanol–water partition coefficient (Wildman–Crippen LogP) is 4.84. The molecule has 0 atom stereocenters. The van der Waals surface area contributed by atoms with Crippen LogP contribution in [0.1, 0.15) is 54.8 Å². The molecule has 1 saturated carbocycles. The highest BCUT2D eigenvalue weighted by atomic mass is 16.6. The zero-order chi connectivity index (χ0) is 22.8. The summed E-state index contributed by atoms with van der Waals surface area (Å²) >= 11 is 0. The fraction of sp³-hybridized carbons (Fsp3) is 0.273. The standard InChI is InChI=1S/C22H20N4O6/c27-21(15-8-6-14(7-9-15)13-4-2-1-3-5-13)12-18-22(28)24-17-11-20(26(31)32)19(25(29)30)10-16(17)23-18/h6-13,27H,1-5H2,(H,24,28)/b21-12-. The van der Waals surface area contributed by atoms with Crippen molar-refractivity contribution in [2.45, 2.75) is 38.0 Å². The van der Waals surface area contributed by atoms with Crippen molar-refractivity contribution in [2.75, 3.05) is 0 Å². The van der Waals surface area contributed by atoms with Crippen molar-refractivity contribution in [3.8, 4) is 0 Å². The first kappa shape index (κ1) is 21.2. The smallest absolute Gasteiger partial charge is 0.348 e. The molecule has 32 heavy (non-hydrogen) atoms. The van der Waals surface area contributed by atoms with Gasteiger partial charge in [0.1, 0.15) is 11.5 Å². The fourth-order valence-electron chi connectivity index (χ4n) is 4.09. The van der Waals surface area contributed by atoms with Gasteiger partial charge in [-0.05, 0) is 24.3 Å². The topological polar surface area (TPSA) is 152 Å². The van der Waals surface area contributed by atoms with Gasteiger partial charge in [0.15, 0.2) is 0 Å². The van der Waals surface area contributed by atoms with Gasteiger partial charge < -0.3 is 10.1 Å². The molecule has 10 heteroatoms. The summed E-state index contributed by atoms with van der Waals surface area (Å²) in [6.45, 7) is 0. The number of H-pyrrole nitrogens is 1. The van der Waals surface area contributed by atoms with Crippen LogP contribution in [-0.4, -0.2) is 24.9 Å². The fourth-order valence-corrected chi connectivity index (χ4v) is 4.09. The summed E-state index contributed by atoms with van der Waals surface area (Å²) in [6.07, 6.45) is 7.18. The number of aliphatic hydroxyl groups excluding tert-OH is 1.